The van der Waals surface area contributed by atoms with E-state index in [9.17, 15) is 9.59 Å². The van der Waals surface area contributed by atoms with E-state index in [1.807, 2.05) is 0 Å². The summed E-state index contributed by atoms with van der Waals surface area (Å²) < 4.78 is 4.53. The van der Waals surface area contributed by atoms with Gasteiger partial charge in [0.25, 0.3) is 0 Å². The van der Waals surface area contributed by atoms with Crippen molar-refractivity contribution >= 4 is 17.6 Å². The van der Waals surface area contributed by atoms with Gasteiger partial charge in [0.15, 0.2) is 0 Å². The first-order valence-electron chi connectivity index (χ1n) is 4.66. The largest absolute Gasteiger partial charge is 0.478 e. The molecule has 0 aromatic heterocycles. The standard InChI is InChI=1S/C11H13NO4/c1-12(7-10(13)16-2)9-5-3-8(4-6-9)11(14)15/h3-6H,7H2,1-2H3,(H,14,15). The number of methoxy groups -OCH3 is 1. The first-order chi connectivity index (χ1) is 7.54. The molecule has 0 amide bonds. The van der Waals surface area contributed by atoms with Gasteiger partial charge in [0, 0.05) is 12.7 Å². The van der Waals surface area contributed by atoms with Crippen LogP contribution < -0.4 is 4.90 Å². The molecular weight excluding hydrogens is 210 g/mol. The molecule has 86 valence electrons. The summed E-state index contributed by atoms with van der Waals surface area (Å²) in [6.07, 6.45) is 0. The van der Waals surface area contributed by atoms with E-state index in [1.54, 1.807) is 24.1 Å². The second-order valence-electron chi connectivity index (χ2n) is 3.28. The molecule has 0 saturated heterocycles. The smallest absolute Gasteiger partial charge is 0.335 e. The number of likely N-dealkylation sites (N-methyl/N-ethyl adjacent to an activating group) is 1. The van der Waals surface area contributed by atoms with E-state index < -0.39 is 5.97 Å². The van der Waals surface area contributed by atoms with Crippen molar-refractivity contribution in [2.24, 2.45) is 0 Å². The normalized spacial score (nSPS) is 9.62. The van der Waals surface area contributed by atoms with E-state index >= 15 is 0 Å². The van der Waals surface area contributed by atoms with Crippen molar-refractivity contribution in [1.82, 2.24) is 0 Å². The third kappa shape index (κ3) is 2.98. The van der Waals surface area contributed by atoms with Crippen molar-refractivity contribution in [2.45, 2.75) is 0 Å². The molecule has 0 fully saturated rings. The van der Waals surface area contributed by atoms with Crippen molar-refractivity contribution in [1.29, 1.82) is 0 Å². The number of esters is 1. The van der Waals surface area contributed by atoms with Gasteiger partial charge in [-0.15, -0.1) is 0 Å². The van der Waals surface area contributed by atoms with Gasteiger partial charge < -0.3 is 14.7 Å². The summed E-state index contributed by atoms with van der Waals surface area (Å²) in [5, 5.41) is 8.71. The van der Waals surface area contributed by atoms with Crippen molar-refractivity contribution in [3.63, 3.8) is 0 Å². The topological polar surface area (TPSA) is 66.8 Å². The van der Waals surface area contributed by atoms with Gasteiger partial charge in [0.1, 0.15) is 6.54 Å². The SMILES string of the molecule is COC(=O)CN(C)c1ccc(C(=O)O)cc1. The summed E-state index contributed by atoms with van der Waals surface area (Å²) in [5.41, 5.74) is 0.977. The summed E-state index contributed by atoms with van der Waals surface area (Å²) in [6, 6.07) is 6.27. The number of benzene rings is 1. The predicted octanol–water partition coefficient (Wildman–Crippen LogP) is 0.994. The van der Waals surface area contributed by atoms with Crippen molar-refractivity contribution in [3.8, 4) is 0 Å². The van der Waals surface area contributed by atoms with E-state index in [0.29, 0.717) is 0 Å². The zero-order valence-electron chi connectivity index (χ0n) is 9.14. The Kier molecular flexibility index (Phi) is 3.88. The number of hydrogen-bond donors (Lipinski definition) is 1. The van der Waals surface area contributed by atoms with Crippen LogP contribution in [-0.2, 0) is 9.53 Å². The van der Waals surface area contributed by atoms with Crippen molar-refractivity contribution < 1.29 is 19.4 Å². The molecule has 0 spiro atoms. The first kappa shape index (κ1) is 12.0. The molecule has 0 aliphatic carbocycles. The molecule has 1 N–H and O–H groups in total. The molecule has 0 heterocycles. The van der Waals surface area contributed by atoms with Gasteiger partial charge >= 0.3 is 11.9 Å². The van der Waals surface area contributed by atoms with Gasteiger partial charge in [-0.3, -0.25) is 4.79 Å². The minimum Gasteiger partial charge on any atom is -0.478 e. The van der Waals surface area contributed by atoms with Gasteiger partial charge in [-0.05, 0) is 24.3 Å². The van der Waals surface area contributed by atoms with Crippen LogP contribution in [0, 0.1) is 0 Å². The maximum atomic E-state index is 11.0. The number of ether oxygens (including phenoxy) is 1. The Balaban J connectivity index is 2.73. The number of carboxylic acids is 1. The Morgan fingerprint density at radius 2 is 1.88 bits per heavy atom. The van der Waals surface area contributed by atoms with Crippen molar-refractivity contribution in [3.05, 3.63) is 29.8 Å². The van der Waals surface area contributed by atoms with Gasteiger partial charge in [0.05, 0.1) is 12.7 Å². The number of carbonyl (C=O) groups is 2. The molecule has 0 unspecified atom stereocenters. The Hall–Kier alpha value is -2.04. The van der Waals surface area contributed by atoms with Crippen LogP contribution in [0.1, 0.15) is 10.4 Å². The molecule has 5 nitrogen and oxygen atoms in total. The Morgan fingerprint density at radius 3 is 2.31 bits per heavy atom. The molecule has 0 aliphatic rings. The van der Waals surface area contributed by atoms with E-state index in [0.717, 1.165) is 5.69 Å². The minimum atomic E-state index is -0.970. The Bertz CT molecular complexity index is 385. The number of aromatic carboxylic acids is 1. The summed E-state index contributed by atoms with van der Waals surface area (Å²) >= 11 is 0. The summed E-state index contributed by atoms with van der Waals surface area (Å²) in [5.74, 6) is -1.31. The second kappa shape index (κ2) is 5.16. The zero-order chi connectivity index (χ0) is 12.1. The van der Waals surface area contributed by atoms with Crippen LogP contribution in [0.2, 0.25) is 0 Å². The lowest BCUT2D eigenvalue weighted by atomic mass is 10.2. The van der Waals surface area contributed by atoms with Crippen LogP contribution in [0.4, 0.5) is 5.69 Å². The monoisotopic (exact) mass is 223 g/mol. The molecule has 0 atom stereocenters. The maximum Gasteiger partial charge on any atom is 0.335 e. The summed E-state index contributed by atoms with van der Waals surface area (Å²) in [4.78, 5) is 23.3. The fourth-order valence-electron chi connectivity index (χ4n) is 1.21. The molecule has 1 aromatic carbocycles. The number of hydrogen-bond acceptors (Lipinski definition) is 4. The average Bonchev–Trinajstić information content (AvgIpc) is 2.28. The summed E-state index contributed by atoms with van der Waals surface area (Å²) in [7, 11) is 3.05. The lowest BCUT2D eigenvalue weighted by Crippen LogP contribution is -2.26. The number of nitrogens with zero attached hydrogens (tertiary/aromatic N) is 1. The number of anilines is 1. The lowest BCUT2D eigenvalue weighted by molar-refractivity contribution is -0.138. The maximum absolute atomic E-state index is 11.0. The van der Waals surface area contributed by atoms with E-state index in [1.165, 1.54) is 19.2 Å². The molecule has 0 aliphatic heterocycles. The van der Waals surface area contributed by atoms with E-state index in [-0.39, 0.29) is 18.1 Å². The van der Waals surface area contributed by atoms with E-state index in [4.69, 9.17) is 5.11 Å². The fraction of sp³-hybridized carbons (Fsp3) is 0.273. The summed E-state index contributed by atoms with van der Waals surface area (Å²) in [6.45, 7) is 0.128. The highest BCUT2D eigenvalue weighted by atomic mass is 16.5. The molecular formula is C11H13NO4. The molecule has 5 heteroatoms. The third-order valence-corrected chi connectivity index (χ3v) is 2.15. The van der Waals surface area contributed by atoms with Gasteiger partial charge in [-0.25, -0.2) is 4.79 Å². The van der Waals surface area contributed by atoms with Gasteiger partial charge in [0.2, 0.25) is 0 Å². The third-order valence-electron chi connectivity index (χ3n) is 2.15. The fourth-order valence-corrected chi connectivity index (χ4v) is 1.21. The molecule has 0 bridgehead atoms. The highest BCUT2D eigenvalue weighted by molar-refractivity contribution is 5.88. The molecule has 1 rings (SSSR count). The highest BCUT2D eigenvalue weighted by Gasteiger charge is 2.08. The number of rotatable bonds is 4. The van der Waals surface area contributed by atoms with Crippen LogP contribution in [0.3, 0.4) is 0 Å². The Labute approximate surface area is 93.2 Å². The van der Waals surface area contributed by atoms with Crippen LogP contribution in [-0.4, -0.2) is 37.7 Å². The van der Waals surface area contributed by atoms with Crippen LogP contribution in [0.15, 0.2) is 24.3 Å². The Morgan fingerprint density at radius 1 is 1.31 bits per heavy atom. The molecule has 1 aromatic rings. The second-order valence-corrected chi connectivity index (χ2v) is 3.28. The minimum absolute atomic E-state index is 0.128. The van der Waals surface area contributed by atoms with E-state index in [2.05, 4.69) is 4.74 Å². The highest BCUT2D eigenvalue weighted by Crippen LogP contribution is 2.13. The van der Waals surface area contributed by atoms with Gasteiger partial charge in [-0.1, -0.05) is 0 Å². The van der Waals surface area contributed by atoms with Crippen LogP contribution in [0.5, 0.6) is 0 Å². The zero-order valence-corrected chi connectivity index (χ0v) is 9.14. The average molecular weight is 223 g/mol. The lowest BCUT2D eigenvalue weighted by Gasteiger charge is -2.17. The van der Waals surface area contributed by atoms with Crippen LogP contribution in [0.25, 0.3) is 0 Å². The van der Waals surface area contributed by atoms with Crippen molar-refractivity contribution in [2.75, 3.05) is 25.6 Å². The number of carboxylic acid groups (broad SMARTS) is 1. The van der Waals surface area contributed by atoms with Crippen LogP contribution >= 0.6 is 0 Å². The van der Waals surface area contributed by atoms with Gasteiger partial charge in [-0.2, -0.15) is 0 Å². The first-order valence-corrected chi connectivity index (χ1v) is 4.66. The quantitative estimate of drug-likeness (QED) is 0.771. The predicted molar refractivity (Wildman–Crippen MR) is 58.7 cm³/mol. The molecule has 0 radical (unpaired) electrons. The molecule has 0 saturated carbocycles. The number of carbonyl (C=O) groups excluding carboxylic acids is 1. The molecule has 16 heavy (non-hydrogen) atoms.